The minimum absolute atomic E-state index is 0.0152. The Balaban J connectivity index is 1.56. The van der Waals surface area contributed by atoms with Crippen LogP contribution in [0, 0.1) is 0 Å². The molecule has 1 atom stereocenters. The number of nitrogens with two attached hydrogens (primary N) is 1. The van der Waals surface area contributed by atoms with Gasteiger partial charge in [-0.2, -0.15) is 0 Å². The van der Waals surface area contributed by atoms with Crippen LogP contribution in [0.4, 0.5) is 0 Å². The molecule has 0 saturated carbocycles. The average Bonchev–Trinajstić information content (AvgIpc) is 2.66. The van der Waals surface area contributed by atoms with E-state index in [2.05, 4.69) is 0 Å². The van der Waals surface area contributed by atoms with Crippen molar-refractivity contribution >= 4 is 11.7 Å². The summed E-state index contributed by atoms with van der Waals surface area (Å²) in [4.78, 5) is 26.3. The first kappa shape index (κ1) is 17.2. The monoisotopic (exact) mass is 338 g/mol. The lowest BCUT2D eigenvalue weighted by Gasteiger charge is -2.30. The third-order valence-corrected chi connectivity index (χ3v) is 4.33. The Kier molecular flexibility index (Phi) is 5.46. The number of benzene rings is 2. The summed E-state index contributed by atoms with van der Waals surface area (Å²) < 4.78 is 5.55. The Hall–Kier alpha value is -2.66. The van der Waals surface area contributed by atoms with Gasteiger partial charge in [-0.3, -0.25) is 9.59 Å². The van der Waals surface area contributed by atoms with Crippen molar-refractivity contribution in [2.45, 2.75) is 18.9 Å². The van der Waals surface area contributed by atoms with Crippen molar-refractivity contribution in [1.82, 2.24) is 4.90 Å². The number of nitrogens with zero attached hydrogens (tertiary/aromatic N) is 1. The minimum atomic E-state index is -0.0559. The molecule has 1 heterocycles. The van der Waals surface area contributed by atoms with E-state index < -0.39 is 0 Å². The quantitative estimate of drug-likeness (QED) is 0.849. The van der Waals surface area contributed by atoms with Gasteiger partial charge in [-0.1, -0.05) is 30.3 Å². The number of hydrogen-bond acceptors (Lipinski definition) is 4. The van der Waals surface area contributed by atoms with Crippen LogP contribution in [0.5, 0.6) is 5.75 Å². The van der Waals surface area contributed by atoms with Gasteiger partial charge in [-0.25, -0.2) is 0 Å². The van der Waals surface area contributed by atoms with Gasteiger partial charge in [0.1, 0.15) is 5.75 Å². The van der Waals surface area contributed by atoms with E-state index in [9.17, 15) is 9.59 Å². The van der Waals surface area contributed by atoms with E-state index in [0.717, 1.165) is 19.4 Å². The van der Waals surface area contributed by atoms with Crippen LogP contribution in [0.25, 0.3) is 0 Å². The smallest absolute Gasteiger partial charge is 0.260 e. The van der Waals surface area contributed by atoms with Crippen molar-refractivity contribution in [3.05, 3.63) is 65.7 Å². The van der Waals surface area contributed by atoms with E-state index in [1.54, 1.807) is 41.3 Å². The van der Waals surface area contributed by atoms with Crippen LogP contribution in [0.15, 0.2) is 54.6 Å². The standard InChI is InChI=1S/C20H22N2O3/c21-17-7-4-12-22(13-17)19(23)14-25-18-10-8-16(9-11-18)20(24)15-5-2-1-3-6-15/h1-3,5-6,8-11,17H,4,7,12-14,21H2. The lowest BCUT2D eigenvalue weighted by Crippen LogP contribution is -2.47. The zero-order valence-electron chi connectivity index (χ0n) is 14.1. The number of carbonyl (C=O) groups excluding carboxylic acids is 2. The van der Waals surface area contributed by atoms with Crippen molar-refractivity contribution in [2.24, 2.45) is 5.73 Å². The fourth-order valence-electron chi connectivity index (χ4n) is 2.93. The molecule has 2 N–H and O–H groups in total. The SMILES string of the molecule is NC1CCCN(C(=O)COc2ccc(C(=O)c3ccccc3)cc2)C1. The molecule has 1 aliphatic rings. The van der Waals surface area contributed by atoms with Crippen molar-refractivity contribution in [1.29, 1.82) is 0 Å². The zero-order valence-corrected chi connectivity index (χ0v) is 14.1. The molecule has 3 rings (SSSR count). The first-order chi connectivity index (χ1) is 12.1. The molecule has 5 heteroatoms. The lowest BCUT2D eigenvalue weighted by atomic mass is 10.0. The van der Waals surface area contributed by atoms with Crippen LogP contribution in [0.2, 0.25) is 0 Å². The predicted molar refractivity (Wildman–Crippen MR) is 95.6 cm³/mol. The summed E-state index contributed by atoms with van der Waals surface area (Å²) in [5.41, 5.74) is 7.13. The normalized spacial score (nSPS) is 17.2. The zero-order chi connectivity index (χ0) is 17.6. The second-order valence-corrected chi connectivity index (χ2v) is 6.25. The fourth-order valence-corrected chi connectivity index (χ4v) is 2.93. The Morgan fingerprint density at radius 2 is 1.72 bits per heavy atom. The number of piperidine rings is 1. The number of ketones is 1. The molecule has 0 spiro atoms. The summed E-state index contributed by atoms with van der Waals surface area (Å²) in [6.45, 7) is 1.31. The van der Waals surface area contributed by atoms with E-state index in [1.165, 1.54) is 0 Å². The number of amides is 1. The predicted octanol–water partition coefficient (Wildman–Crippen LogP) is 2.25. The van der Waals surface area contributed by atoms with Gasteiger partial charge in [0.15, 0.2) is 12.4 Å². The number of likely N-dealkylation sites (tertiary alicyclic amines) is 1. The highest BCUT2D eigenvalue weighted by Gasteiger charge is 2.21. The summed E-state index contributed by atoms with van der Waals surface area (Å²) in [6, 6.07) is 16.0. The minimum Gasteiger partial charge on any atom is -0.484 e. The molecular weight excluding hydrogens is 316 g/mol. The largest absolute Gasteiger partial charge is 0.484 e. The highest BCUT2D eigenvalue weighted by molar-refractivity contribution is 6.08. The van der Waals surface area contributed by atoms with Gasteiger partial charge in [0, 0.05) is 30.3 Å². The Labute approximate surface area is 147 Å². The molecule has 130 valence electrons. The molecule has 5 nitrogen and oxygen atoms in total. The van der Waals surface area contributed by atoms with Gasteiger partial charge >= 0.3 is 0 Å². The third kappa shape index (κ3) is 4.45. The van der Waals surface area contributed by atoms with Crippen molar-refractivity contribution in [3.8, 4) is 5.75 Å². The van der Waals surface area contributed by atoms with E-state index in [-0.39, 0.29) is 24.3 Å². The summed E-state index contributed by atoms with van der Waals surface area (Å²) in [6.07, 6.45) is 1.89. The highest BCUT2D eigenvalue weighted by Crippen LogP contribution is 2.16. The molecule has 1 amide bonds. The van der Waals surface area contributed by atoms with Gasteiger partial charge in [-0.05, 0) is 37.1 Å². The van der Waals surface area contributed by atoms with Gasteiger partial charge < -0.3 is 15.4 Å². The molecule has 1 saturated heterocycles. The maximum atomic E-state index is 12.3. The maximum absolute atomic E-state index is 12.3. The average molecular weight is 338 g/mol. The van der Waals surface area contributed by atoms with Gasteiger partial charge in [0.05, 0.1) is 0 Å². The van der Waals surface area contributed by atoms with Crippen LogP contribution in [-0.4, -0.2) is 42.3 Å². The van der Waals surface area contributed by atoms with Crippen LogP contribution >= 0.6 is 0 Å². The molecule has 1 fully saturated rings. The summed E-state index contributed by atoms with van der Waals surface area (Å²) in [7, 11) is 0. The number of hydrogen-bond donors (Lipinski definition) is 1. The summed E-state index contributed by atoms with van der Waals surface area (Å²) in [5.74, 6) is 0.476. The van der Waals surface area contributed by atoms with Crippen LogP contribution in [0.3, 0.4) is 0 Å². The van der Waals surface area contributed by atoms with E-state index in [1.807, 2.05) is 18.2 Å². The molecule has 1 unspecified atom stereocenters. The van der Waals surface area contributed by atoms with E-state index >= 15 is 0 Å². The second-order valence-electron chi connectivity index (χ2n) is 6.25. The van der Waals surface area contributed by atoms with E-state index in [0.29, 0.717) is 23.4 Å². The van der Waals surface area contributed by atoms with Gasteiger partial charge in [0.25, 0.3) is 5.91 Å². The molecule has 1 aliphatic heterocycles. The van der Waals surface area contributed by atoms with Gasteiger partial charge in [0.2, 0.25) is 0 Å². The maximum Gasteiger partial charge on any atom is 0.260 e. The molecule has 0 radical (unpaired) electrons. The molecule has 2 aromatic carbocycles. The molecule has 25 heavy (non-hydrogen) atoms. The molecule has 0 bridgehead atoms. The van der Waals surface area contributed by atoms with Crippen molar-refractivity contribution in [2.75, 3.05) is 19.7 Å². The van der Waals surface area contributed by atoms with Gasteiger partial charge in [-0.15, -0.1) is 0 Å². The van der Waals surface area contributed by atoms with Crippen LogP contribution < -0.4 is 10.5 Å². The topological polar surface area (TPSA) is 72.6 Å². The van der Waals surface area contributed by atoms with Crippen molar-refractivity contribution < 1.29 is 14.3 Å². The Bertz CT molecular complexity index is 728. The first-order valence-electron chi connectivity index (χ1n) is 8.49. The number of carbonyl (C=O) groups is 2. The Morgan fingerprint density at radius 3 is 2.40 bits per heavy atom. The third-order valence-electron chi connectivity index (χ3n) is 4.33. The van der Waals surface area contributed by atoms with Crippen LogP contribution in [-0.2, 0) is 4.79 Å². The number of ether oxygens (including phenoxy) is 1. The molecule has 0 aliphatic carbocycles. The lowest BCUT2D eigenvalue weighted by molar-refractivity contribution is -0.134. The second kappa shape index (κ2) is 7.94. The van der Waals surface area contributed by atoms with Crippen molar-refractivity contribution in [3.63, 3.8) is 0 Å². The van der Waals surface area contributed by atoms with Crippen LogP contribution in [0.1, 0.15) is 28.8 Å². The fraction of sp³-hybridized carbons (Fsp3) is 0.300. The highest BCUT2D eigenvalue weighted by atomic mass is 16.5. The summed E-state index contributed by atoms with van der Waals surface area (Å²) >= 11 is 0. The molecule has 2 aromatic rings. The molecule has 0 aromatic heterocycles. The number of rotatable bonds is 5. The van der Waals surface area contributed by atoms with E-state index in [4.69, 9.17) is 10.5 Å². The summed E-state index contributed by atoms with van der Waals surface area (Å²) in [5, 5.41) is 0. The first-order valence-corrected chi connectivity index (χ1v) is 8.49. The molecular formula is C20H22N2O3. The Morgan fingerprint density at radius 1 is 1.04 bits per heavy atom.